The minimum Gasteiger partial charge on any atom is -0.482 e. The molecule has 2 rings (SSSR count). The van der Waals surface area contributed by atoms with E-state index in [-0.39, 0.29) is 18.9 Å². The van der Waals surface area contributed by atoms with E-state index in [1.54, 1.807) is 13.0 Å². The normalized spacial score (nSPS) is 15.5. The Bertz CT molecular complexity index is 443. The molecule has 1 heterocycles. The third-order valence-electron chi connectivity index (χ3n) is 2.51. The van der Waals surface area contributed by atoms with Crippen LogP contribution < -0.4 is 4.74 Å². The first-order valence-electron chi connectivity index (χ1n) is 6.01. The highest BCUT2D eigenvalue weighted by atomic mass is 127. The van der Waals surface area contributed by atoms with E-state index in [9.17, 15) is 4.79 Å². The summed E-state index contributed by atoms with van der Waals surface area (Å²) >= 11 is 2.19. The molecule has 0 saturated carbocycles. The van der Waals surface area contributed by atoms with E-state index in [1.165, 1.54) is 0 Å². The highest BCUT2D eigenvalue weighted by Crippen LogP contribution is 2.29. The summed E-state index contributed by atoms with van der Waals surface area (Å²) in [7, 11) is 0. The molecule has 0 amide bonds. The van der Waals surface area contributed by atoms with Crippen LogP contribution in [0.15, 0.2) is 18.2 Å². The molecule has 19 heavy (non-hydrogen) atoms. The molecule has 1 fully saturated rings. The van der Waals surface area contributed by atoms with Gasteiger partial charge >= 0.3 is 5.97 Å². The van der Waals surface area contributed by atoms with Crippen LogP contribution in [0.25, 0.3) is 0 Å². The van der Waals surface area contributed by atoms with Gasteiger partial charge in [-0.15, -0.1) is 0 Å². The molecule has 1 aromatic carbocycles. The number of ether oxygens (including phenoxy) is 4. The van der Waals surface area contributed by atoms with Gasteiger partial charge in [-0.3, -0.25) is 0 Å². The second-order valence-electron chi connectivity index (χ2n) is 3.85. The predicted molar refractivity (Wildman–Crippen MR) is 75.9 cm³/mol. The zero-order valence-corrected chi connectivity index (χ0v) is 12.7. The Kier molecular flexibility index (Phi) is 5.41. The predicted octanol–water partition coefficient (Wildman–Crippen LogP) is 2.28. The smallest absolute Gasteiger partial charge is 0.344 e. The van der Waals surface area contributed by atoms with Crippen molar-refractivity contribution >= 4 is 28.6 Å². The van der Waals surface area contributed by atoms with Crippen LogP contribution >= 0.6 is 22.6 Å². The molecular formula is C13H15IO5. The largest absolute Gasteiger partial charge is 0.482 e. The SMILES string of the molecule is CCOC(=O)COc1ccc(C2OCCO2)c(I)c1. The maximum Gasteiger partial charge on any atom is 0.344 e. The molecule has 0 radical (unpaired) electrons. The molecule has 0 spiro atoms. The average Bonchev–Trinajstić information content (AvgIpc) is 2.90. The summed E-state index contributed by atoms with van der Waals surface area (Å²) in [5, 5.41) is 0. The number of rotatable bonds is 5. The van der Waals surface area contributed by atoms with Gasteiger partial charge in [0.05, 0.1) is 19.8 Å². The highest BCUT2D eigenvalue weighted by Gasteiger charge is 2.20. The van der Waals surface area contributed by atoms with E-state index in [0.29, 0.717) is 25.6 Å². The van der Waals surface area contributed by atoms with Crippen molar-refractivity contribution in [3.8, 4) is 5.75 Å². The first-order chi connectivity index (χ1) is 9.20. The Hall–Kier alpha value is -0.860. The van der Waals surface area contributed by atoms with Crippen molar-refractivity contribution in [1.29, 1.82) is 0 Å². The molecule has 0 aliphatic carbocycles. The van der Waals surface area contributed by atoms with E-state index >= 15 is 0 Å². The molecule has 104 valence electrons. The maximum atomic E-state index is 11.2. The van der Waals surface area contributed by atoms with Crippen molar-refractivity contribution in [3.05, 3.63) is 27.3 Å². The van der Waals surface area contributed by atoms with E-state index in [1.807, 2.05) is 12.1 Å². The average molecular weight is 378 g/mol. The molecule has 0 aromatic heterocycles. The van der Waals surface area contributed by atoms with Crippen LogP contribution in [0.2, 0.25) is 0 Å². The van der Waals surface area contributed by atoms with Gasteiger partial charge in [0.2, 0.25) is 0 Å². The van der Waals surface area contributed by atoms with E-state index in [4.69, 9.17) is 18.9 Å². The van der Waals surface area contributed by atoms with Crippen molar-refractivity contribution in [2.45, 2.75) is 13.2 Å². The lowest BCUT2D eigenvalue weighted by Crippen LogP contribution is -2.14. The van der Waals surface area contributed by atoms with Gasteiger partial charge < -0.3 is 18.9 Å². The maximum absolute atomic E-state index is 11.2. The van der Waals surface area contributed by atoms with Crippen LogP contribution in [0.4, 0.5) is 0 Å². The van der Waals surface area contributed by atoms with Gasteiger partial charge in [-0.1, -0.05) is 0 Å². The van der Waals surface area contributed by atoms with Crippen molar-refractivity contribution < 1.29 is 23.7 Å². The molecule has 1 aromatic rings. The van der Waals surface area contributed by atoms with Crippen LogP contribution in [-0.4, -0.2) is 32.4 Å². The van der Waals surface area contributed by atoms with Gasteiger partial charge in [0.1, 0.15) is 5.75 Å². The van der Waals surface area contributed by atoms with Crippen molar-refractivity contribution in [2.24, 2.45) is 0 Å². The summed E-state index contributed by atoms with van der Waals surface area (Å²) < 4.78 is 22.0. The van der Waals surface area contributed by atoms with Crippen LogP contribution in [0, 0.1) is 3.57 Å². The fourth-order valence-corrected chi connectivity index (χ4v) is 2.41. The Labute approximate surface area is 125 Å². The first-order valence-corrected chi connectivity index (χ1v) is 7.09. The van der Waals surface area contributed by atoms with E-state index in [2.05, 4.69) is 22.6 Å². The summed E-state index contributed by atoms with van der Waals surface area (Å²) in [6, 6.07) is 5.53. The molecule has 0 atom stereocenters. The lowest BCUT2D eigenvalue weighted by atomic mass is 10.2. The number of hydrogen-bond donors (Lipinski definition) is 0. The van der Waals surface area contributed by atoms with Gasteiger partial charge in [0.15, 0.2) is 12.9 Å². The zero-order chi connectivity index (χ0) is 13.7. The summed E-state index contributed by atoms with van der Waals surface area (Å²) in [5.74, 6) is 0.253. The molecule has 1 aliphatic heterocycles. The number of benzene rings is 1. The number of halogens is 1. The molecule has 6 heteroatoms. The first kappa shape index (κ1) is 14.5. The lowest BCUT2D eigenvalue weighted by Gasteiger charge is -2.13. The monoisotopic (exact) mass is 378 g/mol. The van der Waals surface area contributed by atoms with Crippen LogP contribution in [0.5, 0.6) is 5.75 Å². The molecular weight excluding hydrogens is 363 g/mol. The van der Waals surface area contributed by atoms with Crippen LogP contribution in [-0.2, 0) is 19.0 Å². The Balaban J connectivity index is 1.96. The molecule has 1 aliphatic rings. The second-order valence-corrected chi connectivity index (χ2v) is 5.01. The summed E-state index contributed by atoms with van der Waals surface area (Å²) in [4.78, 5) is 11.2. The van der Waals surface area contributed by atoms with Gasteiger partial charge in [0, 0.05) is 9.13 Å². The summed E-state index contributed by atoms with van der Waals surface area (Å²) in [6.45, 7) is 3.26. The quantitative estimate of drug-likeness (QED) is 0.581. The third-order valence-corrected chi connectivity index (χ3v) is 3.44. The van der Waals surface area contributed by atoms with Crippen LogP contribution in [0.1, 0.15) is 18.8 Å². The fourth-order valence-electron chi connectivity index (χ4n) is 1.67. The minimum atomic E-state index is -0.371. The standard InChI is InChI=1S/C13H15IO5/c1-2-16-12(15)8-19-9-3-4-10(11(14)7-9)13-17-5-6-18-13/h3-4,7,13H,2,5-6,8H2,1H3. The third kappa shape index (κ3) is 4.05. The molecule has 1 saturated heterocycles. The number of esters is 1. The van der Waals surface area contributed by atoms with Gasteiger partial charge in [-0.25, -0.2) is 4.79 Å². The van der Waals surface area contributed by atoms with Crippen molar-refractivity contribution in [2.75, 3.05) is 26.4 Å². The fraction of sp³-hybridized carbons (Fsp3) is 0.462. The minimum absolute atomic E-state index is 0.0836. The van der Waals surface area contributed by atoms with Crippen molar-refractivity contribution in [3.63, 3.8) is 0 Å². The molecule has 0 unspecified atom stereocenters. The topological polar surface area (TPSA) is 54.0 Å². The van der Waals surface area contributed by atoms with Gasteiger partial charge in [0.25, 0.3) is 0 Å². The molecule has 0 N–H and O–H groups in total. The highest BCUT2D eigenvalue weighted by molar-refractivity contribution is 14.1. The van der Waals surface area contributed by atoms with Gasteiger partial charge in [-0.05, 0) is 47.7 Å². The number of carbonyl (C=O) groups excluding carboxylic acids is 1. The summed E-state index contributed by atoms with van der Waals surface area (Å²) in [5.41, 5.74) is 0.974. The summed E-state index contributed by atoms with van der Waals surface area (Å²) in [6.07, 6.45) is -0.300. The van der Waals surface area contributed by atoms with E-state index < -0.39 is 0 Å². The Morgan fingerprint density at radius 2 is 2.16 bits per heavy atom. The Morgan fingerprint density at radius 1 is 1.42 bits per heavy atom. The number of carbonyl (C=O) groups is 1. The van der Waals surface area contributed by atoms with Crippen molar-refractivity contribution in [1.82, 2.24) is 0 Å². The zero-order valence-electron chi connectivity index (χ0n) is 10.6. The Morgan fingerprint density at radius 3 is 2.79 bits per heavy atom. The van der Waals surface area contributed by atoms with E-state index in [0.717, 1.165) is 9.13 Å². The molecule has 5 nitrogen and oxygen atoms in total. The van der Waals surface area contributed by atoms with Gasteiger partial charge in [-0.2, -0.15) is 0 Å². The second kappa shape index (κ2) is 7.06. The lowest BCUT2D eigenvalue weighted by molar-refractivity contribution is -0.145. The van der Waals surface area contributed by atoms with Crippen LogP contribution in [0.3, 0.4) is 0 Å². The number of hydrogen-bond acceptors (Lipinski definition) is 5. The molecule has 0 bridgehead atoms.